The van der Waals surface area contributed by atoms with Crippen molar-refractivity contribution in [2.45, 2.75) is 32.2 Å². The SMILES string of the molecule is COc1ccc(C2=Nc3cc4c(cc3[P@](=S)(N3CCOCC3)O2)C(C)(C)[C@@H](C)N4C)cc1OC. The molecule has 5 rings (SSSR count). The van der Waals surface area contributed by atoms with Crippen molar-refractivity contribution < 1.29 is 18.7 Å². The number of anilines is 1. The lowest BCUT2D eigenvalue weighted by molar-refractivity contribution is 0.0723. The zero-order valence-corrected chi connectivity index (χ0v) is 22.3. The summed E-state index contributed by atoms with van der Waals surface area (Å²) in [4.78, 5) is 7.34. The summed E-state index contributed by atoms with van der Waals surface area (Å²) in [5.74, 6) is 1.81. The molecular formula is C25H32N3O4PS. The van der Waals surface area contributed by atoms with E-state index in [2.05, 4.69) is 49.5 Å². The smallest absolute Gasteiger partial charge is 0.226 e. The van der Waals surface area contributed by atoms with Crippen LogP contribution in [0.5, 0.6) is 11.5 Å². The van der Waals surface area contributed by atoms with Gasteiger partial charge in [0, 0.05) is 42.8 Å². The van der Waals surface area contributed by atoms with Gasteiger partial charge in [-0.25, -0.2) is 9.66 Å². The summed E-state index contributed by atoms with van der Waals surface area (Å²) < 4.78 is 25.6. The number of fused-ring (bicyclic) bond motifs is 2. The highest BCUT2D eigenvalue weighted by molar-refractivity contribution is 8.15. The van der Waals surface area contributed by atoms with Gasteiger partial charge in [0.2, 0.25) is 12.3 Å². The third-order valence-electron chi connectivity index (χ3n) is 7.52. The van der Waals surface area contributed by atoms with Crippen molar-refractivity contribution in [1.29, 1.82) is 0 Å². The van der Waals surface area contributed by atoms with E-state index in [4.69, 9.17) is 35.5 Å². The number of rotatable bonds is 4. The zero-order chi connectivity index (χ0) is 24.3. The van der Waals surface area contributed by atoms with Crippen LogP contribution >= 0.6 is 6.42 Å². The summed E-state index contributed by atoms with van der Waals surface area (Å²) >= 11 is 6.43. The van der Waals surface area contributed by atoms with Crippen LogP contribution < -0.4 is 19.7 Å². The molecule has 3 aliphatic rings. The molecule has 0 aliphatic carbocycles. The fourth-order valence-electron chi connectivity index (χ4n) is 5.02. The van der Waals surface area contributed by atoms with Crippen molar-refractivity contribution >= 4 is 40.8 Å². The number of hydrogen-bond acceptors (Lipinski definition) is 7. The van der Waals surface area contributed by atoms with Gasteiger partial charge in [0.25, 0.3) is 0 Å². The van der Waals surface area contributed by atoms with Crippen LogP contribution in [0.4, 0.5) is 11.4 Å². The molecule has 0 N–H and O–H groups in total. The Morgan fingerprint density at radius 3 is 2.47 bits per heavy atom. The van der Waals surface area contributed by atoms with E-state index in [1.807, 2.05) is 18.2 Å². The van der Waals surface area contributed by atoms with E-state index in [9.17, 15) is 0 Å². The van der Waals surface area contributed by atoms with Gasteiger partial charge in [-0.1, -0.05) is 13.8 Å². The fourth-order valence-corrected chi connectivity index (χ4v) is 8.44. The normalized spacial score (nSPS) is 25.8. The maximum atomic E-state index is 6.72. The number of methoxy groups -OCH3 is 2. The van der Waals surface area contributed by atoms with Crippen LogP contribution in [0.1, 0.15) is 31.9 Å². The molecule has 9 heteroatoms. The van der Waals surface area contributed by atoms with Crippen LogP contribution in [0.15, 0.2) is 35.3 Å². The first-order valence-electron chi connectivity index (χ1n) is 11.6. The van der Waals surface area contributed by atoms with E-state index < -0.39 is 6.42 Å². The third kappa shape index (κ3) is 3.54. The van der Waals surface area contributed by atoms with Crippen molar-refractivity contribution in [2.24, 2.45) is 4.99 Å². The van der Waals surface area contributed by atoms with Gasteiger partial charge in [0.1, 0.15) is 0 Å². The fraction of sp³-hybridized carbons (Fsp3) is 0.480. The molecule has 0 spiro atoms. The minimum absolute atomic E-state index is 0.00235. The number of likely N-dealkylation sites (N-methyl/N-ethyl adjacent to an activating group) is 1. The second kappa shape index (κ2) is 8.52. The molecule has 0 amide bonds. The number of benzene rings is 2. The second-order valence-electron chi connectivity index (χ2n) is 9.53. The maximum Gasteiger partial charge on any atom is 0.226 e. The van der Waals surface area contributed by atoms with E-state index in [1.54, 1.807) is 14.2 Å². The molecule has 2 aromatic carbocycles. The van der Waals surface area contributed by atoms with Crippen molar-refractivity contribution in [2.75, 3.05) is 52.5 Å². The minimum Gasteiger partial charge on any atom is -0.493 e. The van der Waals surface area contributed by atoms with Crippen LogP contribution in [0.3, 0.4) is 0 Å². The van der Waals surface area contributed by atoms with E-state index in [1.165, 1.54) is 11.3 Å². The highest BCUT2D eigenvalue weighted by Gasteiger charge is 2.45. The molecule has 0 saturated carbocycles. The quantitative estimate of drug-likeness (QED) is 0.582. The van der Waals surface area contributed by atoms with Gasteiger partial charge in [-0.15, -0.1) is 0 Å². The molecule has 182 valence electrons. The molecule has 2 aromatic rings. The lowest BCUT2D eigenvalue weighted by atomic mass is 9.81. The molecular weight excluding hydrogens is 469 g/mol. The molecule has 1 saturated heterocycles. The van der Waals surface area contributed by atoms with Crippen molar-refractivity contribution in [3.63, 3.8) is 0 Å². The van der Waals surface area contributed by atoms with Crippen LogP contribution in [0.2, 0.25) is 0 Å². The largest absolute Gasteiger partial charge is 0.493 e. The summed E-state index contributed by atoms with van der Waals surface area (Å²) in [6.07, 6.45) is -2.61. The summed E-state index contributed by atoms with van der Waals surface area (Å²) in [6.45, 7) is 9.65. The lowest BCUT2D eigenvalue weighted by Crippen LogP contribution is -2.39. The average molecular weight is 502 g/mol. The first kappa shape index (κ1) is 23.6. The molecule has 34 heavy (non-hydrogen) atoms. The lowest BCUT2D eigenvalue weighted by Gasteiger charge is -2.40. The highest BCUT2D eigenvalue weighted by atomic mass is 32.4. The number of ether oxygens (including phenoxy) is 3. The standard InChI is InChI=1S/C25H32N3O4PS/c1-16-25(2,3)18-14-23-19(15-20(18)27(16)4)26-24(17-7-8-21(29-5)22(13-17)30-6)32-33(23,34)28-9-11-31-12-10-28/h7-8,13-16H,9-12H2,1-6H3/t16-,33+/m1/s1. The molecule has 2 atom stereocenters. The summed E-state index contributed by atoms with van der Waals surface area (Å²) in [6, 6.07) is 10.5. The number of aliphatic imine (C=N–C) groups is 1. The van der Waals surface area contributed by atoms with Gasteiger partial charge in [-0.05, 0) is 54.6 Å². The predicted octanol–water partition coefficient (Wildman–Crippen LogP) is 4.20. The van der Waals surface area contributed by atoms with E-state index in [-0.39, 0.29) is 5.41 Å². The Morgan fingerprint density at radius 1 is 1.09 bits per heavy atom. The summed E-state index contributed by atoms with van der Waals surface area (Å²) in [7, 11) is 5.40. The molecule has 1 fully saturated rings. The summed E-state index contributed by atoms with van der Waals surface area (Å²) in [5.41, 5.74) is 4.21. The summed E-state index contributed by atoms with van der Waals surface area (Å²) in [5, 5.41) is 1.03. The average Bonchev–Trinajstić information content (AvgIpc) is 3.02. The van der Waals surface area contributed by atoms with Crippen LogP contribution in [0.25, 0.3) is 0 Å². The Kier molecular flexibility index (Phi) is 5.92. The highest BCUT2D eigenvalue weighted by Crippen LogP contribution is 2.58. The van der Waals surface area contributed by atoms with Gasteiger partial charge >= 0.3 is 0 Å². The predicted molar refractivity (Wildman–Crippen MR) is 140 cm³/mol. The minimum atomic E-state index is -2.61. The van der Waals surface area contributed by atoms with Crippen LogP contribution in [-0.2, 0) is 26.5 Å². The van der Waals surface area contributed by atoms with Gasteiger partial charge in [-0.3, -0.25) is 0 Å². The van der Waals surface area contributed by atoms with Crippen LogP contribution in [0, 0.1) is 0 Å². The molecule has 7 nitrogen and oxygen atoms in total. The Balaban J connectivity index is 1.70. The Hall–Kier alpha value is -2.12. The maximum absolute atomic E-state index is 6.72. The topological polar surface area (TPSA) is 55.8 Å². The molecule has 3 aliphatic heterocycles. The molecule has 0 aromatic heterocycles. The van der Waals surface area contributed by atoms with Crippen LogP contribution in [-0.4, -0.2) is 64.2 Å². The molecule has 0 unspecified atom stereocenters. The third-order valence-corrected chi connectivity index (χ3v) is 11.6. The first-order chi connectivity index (χ1) is 16.2. The van der Waals surface area contributed by atoms with Gasteiger partial charge in [0.15, 0.2) is 11.5 Å². The number of nitrogens with zero attached hydrogens (tertiary/aromatic N) is 3. The Morgan fingerprint density at radius 2 is 1.79 bits per heavy atom. The number of morpholine rings is 1. The van der Waals surface area contributed by atoms with Gasteiger partial charge in [-0.2, -0.15) is 0 Å². The number of hydrogen-bond donors (Lipinski definition) is 0. The second-order valence-corrected chi connectivity index (χ2v) is 13.3. The molecule has 3 heterocycles. The van der Waals surface area contributed by atoms with Gasteiger partial charge in [0.05, 0.1) is 38.4 Å². The van der Waals surface area contributed by atoms with Crippen molar-refractivity contribution in [3.05, 3.63) is 41.5 Å². The van der Waals surface area contributed by atoms with E-state index >= 15 is 0 Å². The van der Waals surface area contributed by atoms with Gasteiger partial charge < -0.3 is 23.6 Å². The molecule has 0 bridgehead atoms. The van der Waals surface area contributed by atoms with E-state index in [0.29, 0.717) is 36.7 Å². The zero-order valence-electron chi connectivity index (χ0n) is 20.6. The van der Waals surface area contributed by atoms with Crippen molar-refractivity contribution in [3.8, 4) is 11.5 Å². The Labute approximate surface area is 206 Å². The Bertz CT molecular complexity index is 1210. The van der Waals surface area contributed by atoms with Crippen molar-refractivity contribution in [1.82, 2.24) is 4.67 Å². The first-order valence-corrected chi connectivity index (χ1v) is 14.2. The van der Waals surface area contributed by atoms with E-state index in [0.717, 1.165) is 29.6 Å². The molecule has 0 radical (unpaired) electrons. The monoisotopic (exact) mass is 501 g/mol.